The van der Waals surface area contributed by atoms with Crippen LogP contribution in [0.15, 0.2) is 0 Å². The van der Waals surface area contributed by atoms with E-state index in [0.29, 0.717) is 19.8 Å². The van der Waals surface area contributed by atoms with Gasteiger partial charge in [-0.15, -0.1) is 0 Å². The number of aliphatic carboxylic acids is 2. The van der Waals surface area contributed by atoms with E-state index in [2.05, 4.69) is 5.32 Å². The summed E-state index contributed by atoms with van der Waals surface area (Å²) in [4.78, 5) is 34.9. The number of rotatable bonds is 4. The molecule has 108 valence electrons. The lowest BCUT2D eigenvalue weighted by Crippen LogP contribution is -2.60. The van der Waals surface area contributed by atoms with E-state index in [1.54, 1.807) is 13.8 Å². The number of amides is 2. The molecule has 0 aliphatic carbocycles. The first-order chi connectivity index (χ1) is 8.74. The fraction of sp³-hybridized carbons (Fsp3) is 0.727. The molecule has 0 aromatic rings. The van der Waals surface area contributed by atoms with Crippen LogP contribution in [0.5, 0.6) is 0 Å². The highest BCUT2D eigenvalue weighted by molar-refractivity contribution is 5.86. The van der Waals surface area contributed by atoms with Crippen molar-refractivity contribution in [3.05, 3.63) is 0 Å². The largest absolute Gasteiger partial charge is 0.481 e. The fourth-order valence-corrected chi connectivity index (χ4v) is 1.84. The topological polar surface area (TPSA) is 116 Å². The summed E-state index contributed by atoms with van der Waals surface area (Å²) in [5.41, 5.74) is -0.561. The molecule has 19 heavy (non-hydrogen) atoms. The molecule has 1 saturated heterocycles. The molecule has 1 fully saturated rings. The third-order valence-electron chi connectivity index (χ3n) is 2.86. The summed E-state index contributed by atoms with van der Waals surface area (Å²) < 4.78 is 5.25. The Kier molecular flexibility index (Phi) is 4.71. The molecule has 0 unspecified atom stereocenters. The zero-order chi connectivity index (χ0) is 14.6. The van der Waals surface area contributed by atoms with Crippen LogP contribution < -0.4 is 5.32 Å². The Bertz CT molecular complexity index is 381. The smallest absolute Gasteiger partial charge is 0.326 e. The predicted molar refractivity (Wildman–Crippen MR) is 63.8 cm³/mol. The van der Waals surface area contributed by atoms with Crippen LogP contribution in [0, 0.1) is 0 Å². The van der Waals surface area contributed by atoms with Crippen LogP contribution >= 0.6 is 0 Å². The molecule has 0 spiro atoms. The van der Waals surface area contributed by atoms with E-state index in [-0.39, 0.29) is 0 Å². The van der Waals surface area contributed by atoms with Gasteiger partial charge < -0.3 is 25.2 Å². The second-order valence-electron chi connectivity index (χ2n) is 4.95. The standard InChI is InChI=1S/C11H18N2O6/c1-11(2)6-19-4-3-13(11)10(18)12-7(9(16)17)5-8(14)15/h7H,3-6H2,1-2H3,(H,12,18)(H,14,15)(H,16,17)/t7-/m0/s1. The quantitative estimate of drug-likeness (QED) is 0.650. The summed E-state index contributed by atoms with van der Waals surface area (Å²) in [6.07, 6.45) is -0.661. The van der Waals surface area contributed by atoms with Crippen LogP contribution in [0.2, 0.25) is 0 Å². The molecule has 1 aliphatic heterocycles. The van der Waals surface area contributed by atoms with Gasteiger partial charge in [-0.3, -0.25) is 4.79 Å². The Labute approximate surface area is 110 Å². The van der Waals surface area contributed by atoms with E-state index < -0.39 is 36.0 Å². The van der Waals surface area contributed by atoms with Crippen molar-refractivity contribution in [2.45, 2.75) is 31.8 Å². The predicted octanol–water partition coefficient (Wildman–Crippen LogP) is -0.265. The van der Waals surface area contributed by atoms with Gasteiger partial charge in [-0.25, -0.2) is 9.59 Å². The molecule has 8 heteroatoms. The van der Waals surface area contributed by atoms with Crippen molar-refractivity contribution in [2.75, 3.05) is 19.8 Å². The molecular formula is C11H18N2O6. The number of ether oxygens (including phenoxy) is 1. The highest BCUT2D eigenvalue weighted by Crippen LogP contribution is 2.19. The van der Waals surface area contributed by atoms with Gasteiger partial charge >= 0.3 is 18.0 Å². The third kappa shape index (κ3) is 4.09. The van der Waals surface area contributed by atoms with E-state index in [4.69, 9.17) is 14.9 Å². The summed E-state index contributed by atoms with van der Waals surface area (Å²) in [5, 5.41) is 19.7. The molecule has 1 heterocycles. The number of nitrogens with one attached hydrogen (secondary N) is 1. The maximum atomic E-state index is 12.0. The van der Waals surface area contributed by atoms with Gasteiger partial charge in [0.2, 0.25) is 0 Å². The van der Waals surface area contributed by atoms with Crippen LogP contribution in [0.1, 0.15) is 20.3 Å². The number of carboxylic acid groups (broad SMARTS) is 2. The number of carboxylic acids is 2. The molecule has 8 nitrogen and oxygen atoms in total. The van der Waals surface area contributed by atoms with E-state index >= 15 is 0 Å². The second-order valence-corrected chi connectivity index (χ2v) is 4.95. The first-order valence-electron chi connectivity index (χ1n) is 5.84. The Morgan fingerprint density at radius 3 is 2.47 bits per heavy atom. The SMILES string of the molecule is CC1(C)COCCN1C(=O)N[C@@H](CC(=O)O)C(=O)O. The monoisotopic (exact) mass is 274 g/mol. The number of carbonyl (C=O) groups is 3. The lowest BCUT2D eigenvalue weighted by atomic mass is 10.0. The van der Waals surface area contributed by atoms with Gasteiger partial charge in [-0.2, -0.15) is 0 Å². The highest BCUT2D eigenvalue weighted by Gasteiger charge is 2.36. The molecule has 3 N–H and O–H groups in total. The Balaban J connectivity index is 2.70. The molecule has 1 atom stereocenters. The van der Waals surface area contributed by atoms with E-state index in [9.17, 15) is 14.4 Å². The van der Waals surface area contributed by atoms with Crippen LogP contribution in [0.25, 0.3) is 0 Å². The number of carbonyl (C=O) groups excluding carboxylic acids is 1. The number of urea groups is 1. The van der Waals surface area contributed by atoms with Crippen LogP contribution in [-0.4, -0.2) is 64.4 Å². The van der Waals surface area contributed by atoms with Gasteiger partial charge in [0.25, 0.3) is 0 Å². The maximum absolute atomic E-state index is 12.0. The summed E-state index contributed by atoms with van der Waals surface area (Å²) in [6.45, 7) is 4.63. The van der Waals surface area contributed by atoms with Gasteiger partial charge in [0.1, 0.15) is 6.04 Å². The summed E-state index contributed by atoms with van der Waals surface area (Å²) in [7, 11) is 0. The summed E-state index contributed by atoms with van der Waals surface area (Å²) >= 11 is 0. The minimum Gasteiger partial charge on any atom is -0.481 e. The van der Waals surface area contributed by atoms with Gasteiger partial charge in [-0.1, -0.05) is 0 Å². The molecule has 0 aromatic carbocycles. The van der Waals surface area contributed by atoms with Crippen molar-refractivity contribution in [1.82, 2.24) is 10.2 Å². The fourth-order valence-electron chi connectivity index (χ4n) is 1.84. The Morgan fingerprint density at radius 2 is 2.00 bits per heavy atom. The first-order valence-corrected chi connectivity index (χ1v) is 5.84. The second kappa shape index (κ2) is 5.87. The number of hydrogen-bond acceptors (Lipinski definition) is 4. The van der Waals surface area contributed by atoms with Gasteiger partial charge in [0.15, 0.2) is 0 Å². The summed E-state index contributed by atoms with van der Waals surface area (Å²) in [6, 6.07) is -2.04. The van der Waals surface area contributed by atoms with Crippen molar-refractivity contribution >= 4 is 18.0 Å². The third-order valence-corrected chi connectivity index (χ3v) is 2.86. The average molecular weight is 274 g/mol. The zero-order valence-electron chi connectivity index (χ0n) is 10.9. The molecule has 0 bridgehead atoms. The Morgan fingerprint density at radius 1 is 1.37 bits per heavy atom. The van der Waals surface area contributed by atoms with Crippen LogP contribution in [0.3, 0.4) is 0 Å². The minimum atomic E-state index is -1.44. The van der Waals surface area contributed by atoms with Gasteiger partial charge in [0, 0.05) is 6.54 Å². The number of morpholine rings is 1. The van der Waals surface area contributed by atoms with E-state index in [0.717, 1.165) is 0 Å². The number of nitrogens with zero attached hydrogens (tertiary/aromatic N) is 1. The van der Waals surface area contributed by atoms with Gasteiger partial charge in [-0.05, 0) is 13.8 Å². The molecule has 0 saturated carbocycles. The summed E-state index contributed by atoms with van der Waals surface area (Å²) in [5.74, 6) is -2.66. The number of hydrogen-bond donors (Lipinski definition) is 3. The molecule has 1 aliphatic rings. The van der Waals surface area contributed by atoms with Crippen molar-refractivity contribution in [3.63, 3.8) is 0 Å². The molecular weight excluding hydrogens is 256 g/mol. The molecule has 0 aromatic heterocycles. The minimum absolute atomic E-state index is 0.332. The Hall–Kier alpha value is -1.83. The maximum Gasteiger partial charge on any atom is 0.326 e. The first kappa shape index (κ1) is 15.2. The van der Waals surface area contributed by atoms with E-state index in [1.165, 1.54) is 4.90 Å². The molecule has 2 amide bonds. The molecule has 1 rings (SSSR count). The highest BCUT2D eigenvalue weighted by atomic mass is 16.5. The van der Waals surface area contributed by atoms with Crippen LogP contribution in [-0.2, 0) is 14.3 Å². The lowest BCUT2D eigenvalue weighted by Gasteiger charge is -2.42. The van der Waals surface area contributed by atoms with Gasteiger partial charge in [0.05, 0.1) is 25.2 Å². The van der Waals surface area contributed by atoms with Crippen LogP contribution in [0.4, 0.5) is 4.79 Å². The van der Waals surface area contributed by atoms with Crippen molar-refractivity contribution in [3.8, 4) is 0 Å². The normalized spacial score (nSPS) is 19.6. The van der Waals surface area contributed by atoms with Crippen molar-refractivity contribution in [1.29, 1.82) is 0 Å². The van der Waals surface area contributed by atoms with E-state index in [1.807, 2.05) is 0 Å². The lowest BCUT2D eigenvalue weighted by molar-refractivity contribution is -0.145. The molecule has 0 radical (unpaired) electrons. The van der Waals surface area contributed by atoms with Crippen molar-refractivity contribution < 1.29 is 29.3 Å². The zero-order valence-corrected chi connectivity index (χ0v) is 10.9. The van der Waals surface area contributed by atoms with Crippen molar-refractivity contribution in [2.24, 2.45) is 0 Å². The average Bonchev–Trinajstić information content (AvgIpc) is 2.26.